The predicted molar refractivity (Wildman–Crippen MR) is 116 cm³/mol. The molecule has 2 saturated heterocycles. The number of carbonyl (C=O) groups excluding carboxylic acids is 1. The first-order valence-electron chi connectivity index (χ1n) is 10.9. The normalized spacial score (nSPS) is 18.4. The van der Waals surface area contributed by atoms with Crippen LogP contribution in [-0.2, 0) is 17.7 Å². The highest BCUT2D eigenvalue weighted by molar-refractivity contribution is 5.94. The molecule has 2 aromatic rings. The van der Waals surface area contributed by atoms with Gasteiger partial charge in [0.2, 0.25) is 5.88 Å². The van der Waals surface area contributed by atoms with Crippen molar-refractivity contribution in [3.05, 3.63) is 59.3 Å². The monoisotopic (exact) mass is 409 g/mol. The topological polar surface area (TPSA) is 54.9 Å². The van der Waals surface area contributed by atoms with Crippen molar-refractivity contribution in [3.8, 4) is 5.88 Å². The lowest BCUT2D eigenvalue weighted by Crippen LogP contribution is -2.39. The van der Waals surface area contributed by atoms with Crippen LogP contribution in [-0.4, -0.2) is 67.2 Å². The molecular formula is C24H31N3O3. The first-order valence-corrected chi connectivity index (χ1v) is 10.9. The van der Waals surface area contributed by atoms with Crippen LogP contribution in [0.15, 0.2) is 42.6 Å². The first kappa shape index (κ1) is 20.8. The minimum atomic E-state index is 0.0658. The molecule has 2 aliphatic rings. The van der Waals surface area contributed by atoms with Crippen molar-refractivity contribution >= 4 is 5.91 Å². The van der Waals surface area contributed by atoms with Gasteiger partial charge in [-0.1, -0.05) is 24.3 Å². The molecule has 3 heterocycles. The molecule has 2 aliphatic heterocycles. The standard InChI is InChI=1S/C24H31N3O3/c1-29-23-7-6-22(17-25-23)24(28)27-10-8-20(9-11-27)16-19-2-4-21(5-3-19)18-26-12-14-30-15-13-26/h2-7,17,20H,8-16,18H2,1H3. The van der Waals surface area contributed by atoms with Gasteiger partial charge in [-0.2, -0.15) is 0 Å². The second-order valence-corrected chi connectivity index (χ2v) is 8.23. The summed E-state index contributed by atoms with van der Waals surface area (Å²) in [6.45, 7) is 6.35. The first-order chi connectivity index (χ1) is 14.7. The number of piperidine rings is 1. The van der Waals surface area contributed by atoms with Crippen molar-refractivity contribution in [2.24, 2.45) is 5.92 Å². The molecule has 0 aliphatic carbocycles. The lowest BCUT2D eigenvalue weighted by Gasteiger charge is -2.32. The average Bonchev–Trinajstić information content (AvgIpc) is 2.81. The fourth-order valence-corrected chi connectivity index (χ4v) is 4.28. The third kappa shape index (κ3) is 5.37. The van der Waals surface area contributed by atoms with Gasteiger partial charge in [0.1, 0.15) is 0 Å². The third-order valence-corrected chi connectivity index (χ3v) is 6.15. The summed E-state index contributed by atoms with van der Waals surface area (Å²) in [6.07, 6.45) is 4.78. The molecule has 0 N–H and O–H groups in total. The molecule has 1 amide bonds. The van der Waals surface area contributed by atoms with Gasteiger partial charge in [0.15, 0.2) is 0 Å². The van der Waals surface area contributed by atoms with Gasteiger partial charge in [0.25, 0.3) is 5.91 Å². The number of benzene rings is 1. The Labute approximate surface area is 178 Å². The minimum absolute atomic E-state index is 0.0658. The van der Waals surface area contributed by atoms with Gasteiger partial charge >= 0.3 is 0 Å². The zero-order valence-electron chi connectivity index (χ0n) is 17.8. The number of aromatic nitrogens is 1. The Morgan fingerprint density at radius 2 is 1.73 bits per heavy atom. The summed E-state index contributed by atoms with van der Waals surface area (Å²) in [7, 11) is 1.58. The number of hydrogen-bond donors (Lipinski definition) is 0. The van der Waals surface area contributed by atoms with Gasteiger partial charge in [0, 0.05) is 45.0 Å². The van der Waals surface area contributed by atoms with Crippen LogP contribution in [0.2, 0.25) is 0 Å². The molecular weight excluding hydrogens is 378 g/mol. The average molecular weight is 410 g/mol. The van der Waals surface area contributed by atoms with E-state index in [0.717, 1.165) is 65.2 Å². The van der Waals surface area contributed by atoms with E-state index in [0.29, 0.717) is 17.4 Å². The maximum absolute atomic E-state index is 12.7. The van der Waals surface area contributed by atoms with Crippen molar-refractivity contribution in [2.45, 2.75) is 25.8 Å². The van der Waals surface area contributed by atoms with E-state index in [1.807, 2.05) is 4.90 Å². The molecule has 0 atom stereocenters. The van der Waals surface area contributed by atoms with E-state index >= 15 is 0 Å². The van der Waals surface area contributed by atoms with Crippen LogP contribution in [0.1, 0.15) is 34.3 Å². The number of hydrogen-bond acceptors (Lipinski definition) is 5. The summed E-state index contributed by atoms with van der Waals surface area (Å²) in [5.41, 5.74) is 3.39. The Bertz CT molecular complexity index is 809. The van der Waals surface area contributed by atoms with Gasteiger partial charge in [0.05, 0.1) is 25.9 Å². The second-order valence-electron chi connectivity index (χ2n) is 8.23. The van der Waals surface area contributed by atoms with Crippen LogP contribution in [0.5, 0.6) is 5.88 Å². The number of methoxy groups -OCH3 is 1. The zero-order valence-corrected chi connectivity index (χ0v) is 17.8. The summed E-state index contributed by atoms with van der Waals surface area (Å²) < 4.78 is 10.5. The van der Waals surface area contributed by atoms with Gasteiger partial charge in [-0.05, 0) is 42.4 Å². The molecule has 160 valence electrons. The van der Waals surface area contributed by atoms with Crippen LogP contribution < -0.4 is 4.74 Å². The number of carbonyl (C=O) groups is 1. The predicted octanol–water partition coefficient (Wildman–Crippen LogP) is 3.02. The summed E-state index contributed by atoms with van der Waals surface area (Å²) >= 11 is 0. The molecule has 4 rings (SSSR count). The van der Waals surface area contributed by atoms with Crippen LogP contribution in [0.25, 0.3) is 0 Å². The summed E-state index contributed by atoms with van der Waals surface area (Å²) in [5, 5.41) is 0. The smallest absolute Gasteiger partial charge is 0.255 e. The lowest BCUT2D eigenvalue weighted by atomic mass is 9.89. The minimum Gasteiger partial charge on any atom is -0.481 e. The Morgan fingerprint density at radius 3 is 2.37 bits per heavy atom. The quantitative estimate of drug-likeness (QED) is 0.734. The van der Waals surface area contributed by atoms with Crippen molar-refractivity contribution in [2.75, 3.05) is 46.5 Å². The summed E-state index contributed by atoms with van der Waals surface area (Å²) in [4.78, 5) is 21.2. The van der Waals surface area contributed by atoms with Crippen molar-refractivity contribution in [1.29, 1.82) is 0 Å². The number of ether oxygens (including phenoxy) is 2. The van der Waals surface area contributed by atoms with Crippen molar-refractivity contribution in [3.63, 3.8) is 0 Å². The van der Waals surface area contributed by atoms with Crippen LogP contribution in [0.4, 0.5) is 0 Å². The number of pyridine rings is 1. The fraction of sp³-hybridized carbons (Fsp3) is 0.500. The Hall–Kier alpha value is -2.44. The molecule has 30 heavy (non-hydrogen) atoms. The van der Waals surface area contributed by atoms with Crippen LogP contribution in [0.3, 0.4) is 0 Å². The molecule has 1 aromatic carbocycles. The molecule has 2 fully saturated rings. The molecule has 0 radical (unpaired) electrons. The second kappa shape index (κ2) is 10.0. The molecule has 0 saturated carbocycles. The number of nitrogens with zero attached hydrogens (tertiary/aromatic N) is 3. The number of likely N-dealkylation sites (tertiary alicyclic amines) is 1. The Kier molecular flexibility index (Phi) is 6.97. The summed E-state index contributed by atoms with van der Waals surface area (Å²) in [5.74, 6) is 1.23. The summed E-state index contributed by atoms with van der Waals surface area (Å²) in [6, 6.07) is 12.6. The number of morpholine rings is 1. The van der Waals surface area contributed by atoms with Crippen molar-refractivity contribution in [1.82, 2.24) is 14.8 Å². The van der Waals surface area contributed by atoms with Crippen molar-refractivity contribution < 1.29 is 14.3 Å². The highest BCUT2D eigenvalue weighted by Crippen LogP contribution is 2.23. The molecule has 6 nitrogen and oxygen atoms in total. The van der Waals surface area contributed by atoms with Crippen LogP contribution in [0, 0.1) is 5.92 Å². The van der Waals surface area contributed by atoms with E-state index in [1.54, 1.807) is 25.4 Å². The fourth-order valence-electron chi connectivity index (χ4n) is 4.28. The highest BCUT2D eigenvalue weighted by Gasteiger charge is 2.24. The van der Waals surface area contributed by atoms with Gasteiger partial charge in [-0.25, -0.2) is 4.98 Å². The zero-order chi connectivity index (χ0) is 20.8. The lowest BCUT2D eigenvalue weighted by molar-refractivity contribution is 0.0342. The number of rotatable bonds is 6. The Morgan fingerprint density at radius 1 is 1.03 bits per heavy atom. The van der Waals surface area contributed by atoms with E-state index in [4.69, 9.17) is 9.47 Å². The van der Waals surface area contributed by atoms with E-state index in [2.05, 4.69) is 34.1 Å². The largest absolute Gasteiger partial charge is 0.481 e. The maximum atomic E-state index is 12.7. The molecule has 0 unspecified atom stereocenters. The molecule has 1 aromatic heterocycles. The SMILES string of the molecule is COc1ccc(C(=O)N2CCC(Cc3ccc(CN4CCOCC4)cc3)CC2)cn1. The van der Waals surface area contributed by atoms with E-state index in [-0.39, 0.29) is 5.91 Å². The van der Waals surface area contributed by atoms with E-state index < -0.39 is 0 Å². The van der Waals surface area contributed by atoms with Crippen LogP contribution >= 0.6 is 0 Å². The molecule has 0 bridgehead atoms. The highest BCUT2D eigenvalue weighted by atomic mass is 16.5. The van der Waals surface area contributed by atoms with E-state index in [9.17, 15) is 4.79 Å². The molecule has 0 spiro atoms. The van der Waals surface area contributed by atoms with E-state index in [1.165, 1.54) is 11.1 Å². The van der Waals surface area contributed by atoms with Gasteiger partial charge in [-0.15, -0.1) is 0 Å². The third-order valence-electron chi connectivity index (χ3n) is 6.15. The molecule has 6 heteroatoms. The van der Waals surface area contributed by atoms with Gasteiger partial charge in [-0.3, -0.25) is 9.69 Å². The van der Waals surface area contributed by atoms with Gasteiger partial charge < -0.3 is 14.4 Å². The Balaban J connectivity index is 1.24. The maximum Gasteiger partial charge on any atom is 0.255 e. The number of amides is 1.